The molecule has 1 nitrogen and oxygen atoms in total. The number of nitrogens with zero attached hydrogens (tertiary/aromatic N) is 1. The molecule has 3 heteroatoms. The van der Waals surface area contributed by atoms with Crippen molar-refractivity contribution >= 4 is 0 Å². The summed E-state index contributed by atoms with van der Waals surface area (Å²) in [4.78, 5) is 5.20. The number of aromatic nitrogens is 1. The number of benzene rings is 4. The Labute approximate surface area is 221 Å². The van der Waals surface area contributed by atoms with E-state index in [-0.39, 0.29) is 10.8 Å². The van der Waals surface area contributed by atoms with E-state index < -0.39 is 11.6 Å². The first-order valence-corrected chi connectivity index (χ1v) is 13.0. The van der Waals surface area contributed by atoms with E-state index in [9.17, 15) is 8.78 Å². The minimum atomic E-state index is -0.580. The fourth-order valence-electron chi connectivity index (χ4n) is 6.52. The molecule has 0 spiro atoms. The second-order valence-electron chi connectivity index (χ2n) is 11.6. The van der Waals surface area contributed by atoms with Crippen molar-refractivity contribution in [1.29, 1.82) is 0 Å². The molecule has 0 N–H and O–H groups in total. The number of hydrogen-bond acceptors (Lipinski definition) is 1. The van der Waals surface area contributed by atoms with Gasteiger partial charge in [0, 0.05) is 28.0 Å². The van der Waals surface area contributed by atoms with Gasteiger partial charge in [0.25, 0.3) is 0 Å². The molecule has 0 saturated carbocycles. The normalized spacial score (nSPS) is 15.5. The van der Waals surface area contributed by atoms with Crippen molar-refractivity contribution in [1.82, 2.24) is 4.98 Å². The molecule has 0 aliphatic heterocycles. The van der Waals surface area contributed by atoms with Crippen molar-refractivity contribution in [3.05, 3.63) is 125 Å². The van der Waals surface area contributed by atoms with Crippen molar-refractivity contribution in [3.8, 4) is 44.8 Å². The summed E-state index contributed by atoms with van der Waals surface area (Å²) in [6.45, 7) is 8.98. The standard InChI is InChI=1S/C35H27F2N/c1-34(2)29-12-10-20(22-15-23(36)19-24(37)16-22)17-27(29)33-30(34)13-14-32(38-33)21-9-11-26-25-7-5-6-8-28(25)35(3,4)31(26)18-21/h5-19H,1-4H3. The Morgan fingerprint density at radius 2 is 1.13 bits per heavy atom. The van der Waals surface area contributed by atoms with Gasteiger partial charge in [0.1, 0.15) is 11.6 Å². The lowest BCUT2D eigenvalue weighted by Gasteiger charge is -2.22. The predicted octanol–water partition coefficient (Wildman–Crippen LogP) is 9.31. The van der Waals surface area contributed by atoms with Gasteiger partial charge in [-0.15, -0.1) is 0 Å². The van der Waals surface area contributed by atoms with Crippen LogP contribution in [0.1, 0.15) is 49.9 Å². The Hall–Kier alpha value is -4.11. The molecule has 38 heavy (non-hydrogen) atoms. The lowest BCUT2D eigenvalue weighted by molar-refractivity contribution is 0.584. The molecular formula is C35H27F2N. The molecule has 0 saturated heterocycles. The number of fused-ring (bicyclic) bond motifs is 6. The van der Waals surface area contributed by atoms with Gasteiger partial charge >= 0.3 is 0 Å². The van der Waals surface area contributed by atoms with Crippen LogP contribution in [-0.4, -0.2) is 4.98 Å². The second-order valence-corrected chi connectivity index (χ2v) is 11.6. The topological polar surface area (TPSA) is 12.9 Å². The van der Waals surface area contributed by atoms with Crippen molar-refractivity contribution in [2.75, 3.05) is 0 Å². The summed E-state index contributed by atoms with van der Waals surface area (Å²) in [5.74, 6) is -1.16. The summed E-state index contributed by atoms with van der Waals surface area (Å²) >= 11 is 0. The Bertz CT molecular complexity index is 1770. The van der Waals surface area contributed by atoms with Crippen LogP contribution in [0.3, 0.4) is 0 Å². The zero-order valence-electron chi connectivity index (χ0n) is 21.9. The second kappa shape index (κ2) is 7.70. The van der Waals surface area contributed by atoms with Gasteiger partial charge in [0.15, 0.2) is 0 Å². The van der Waals surface area contributed by atoms with Crippen molar-refractivity contribution < 1.29 is 8.78 Å². The molecule has 7 rings (SSSR count). The Kier molecular flexibility index (Phi) is 4.67. The number of hydrogen-bond donors (Lipinski definition) is 0. The molecule has 0 bridgehead atoms. The summed E-state index contributed by atoms with van der Waals surface area (Å²) < 4.78 is 27.9. The number of pyridine rings is 1. The summed E-state index contributed by atoms with van der Waals surface area (Å²) in [6.07, 6.45) is 0. The van der Waals surface area contributed by atoms with Crippen LogP contribution >= 0.6 is 0 Å². The minimum absolute atomic E-state index is 0.0810. The van der Waals surface area contributed by atoms with Gasteiger partial charge in [-0.3, -0.25) is 0 Å². The van der Waals surface area contributed by atoms with E-state index in [0.717, 1.165) is 39.7 Å². The molecule has 1 aromatic heterocycles. The van der Waals surface area contributed by atoms with Crippen LogP contribution in [-0.2, 0) is 10.8 Å². The van der Waals surface area contributed by atoms with Crippen molar-refractivity contribution in [2.45, 2.75) is 38.5 Å². The maximum atomic E-state index is 14.0. The van der Waals surface area contributed by atoms with Crippen LogP contribution in [0.2, 0.25) is 0 Å². The van der Waals surface area contributed by atoms with Crippen LogP contribution in [0.5, 0.6) is 0 Å². The Morgan fingerprint density at radius 1 is 0.500 bits per heavy atom. The monoisotopic (exact) mass is 499 g/mol. The first-order chi connectivity index (χ1) is 18.1. The zero-order valence-corrected chi connectivity index (χ0v) is 21.9. The van der Waals surface area contributed by atoms with E-state index in [1.54, 1.807) is 0 Å². The van der Waals surface area contributed by atoms with Gasteiger partial charge in [-0.2, -0.15) is 0 Å². The van der Waals surface area contributed by atoms with E-state index >= 15 is 0 Å². The first-order valence-electron chi connectivity index (χ1n) is 13.0. The average molecular weight is 500 g/mol. The van der Waals surface area contributed by atoms with Gasteiger partial charge in [-0.25, -0.2) is 13.8 Å². The van der Waals surface area contributed by atoms with Gasteiger partial charge < -0.3 is 0 Å². The summed E-state index contributed by atoms with van der Waals surface area (Å²) in [5, 5.41) is 0. The molecule has 186 valence electrons. The smallest absolute Gasteiger partial charge is 0.126 e. The zero-order chi connectivity index (χ0) is 26.4. The highest BCUT2D eigenvalue weighted by Gasteiger charge is 2.38. The highest BCUT2D eigenvalue weighted by atomic mass is 19.1. The summed E-state index contributed by atoms with van der Waals surface area (Å²) in [7, 11) is 0. The van der Waals surface area contributed by atoms with E-state index in [1.807, 2.05) is 12.1 Å². The number of halogens is 2. The molecule has 1 heterocycles. The molecule has 2 aliphatic carbocycles. The van der Waals surface area contributed by atoms with E-state index in [1.165, 1.54) is 39.9 Å². The van der Waals surface area contributed by atoms with Gasteiger partial charge in [-0.05, 0) is 74.8 Å². The van der Waals surface area contributed by atoms with Crippen LogP contribution in [0.25, 0.3) is 44.8 Å². The SMILES string of the molecule is CC1(C)c2ccccc2-c2ccc(-c3ccc4c(n3)-c3cc(-c5cc(F)cc(F)c5)ccc3C4(C)C)cc21. The molecule has 0 amide bonds. The van der Waals surface area contributed by atoms with Crippen molar-refractivity contribution in [2.24, 2.45) is 0 Å². The quantitative estimate of drug-likeness (QED) is 0.236. The van der Waals surface area contributed by atoms with Crippen molar-refractivity contribution in [3.63, 3.8) is 0 Å². The van der Waals surface area contributed by atoms with E-state index in [0.29, 0.717) is 5.56 Å². The van der Waals surface area contributed by atoms with Crippen LogP contribution < -0.4 is 0 Å². The van der Waals surface area contributed by atoms with E-state index in [2.05, 4.69) is 88.4 Å². The van der Waals surface area contributed by atoms with Gasteiger partial charge in [0.05, 0.1) is 11.4 Å². The third-order valence-corrected chi connectivity index (χ3v) is 8.59. The highest BCUT2D eigenvalue weighted by molar-refractivity contribution is 5.86. The third kappa shape index (κ3) is 3.18. The maximum absolute atomic E-state index is 14.0. The third-order valence-electron chi connectivity index (χ3n) is 8.59. The highest BCUT2D eigenvalue weighted by Crippen LogP contribution is 2.51. The van der Waals surface area contributed by atoms with Gasteiger partial charge in [0.2, 0.25) is 0 Å². The molecule has 4 aromatic carbocycles. The predicted molar refractivity (Wildman–Crippen MR) is 150 cm³/mol. The molecule has 0 unspecified atom stereocenters. The minimum Gasteiger partial charge on any atom is -0.247 e. The molecular weight excluding hydrogens is 472 g/mol. The first kappa shape index (κ1) is 23.0. The fraction of sp³-hybridized carbons (Fsp3) is 0.171. The Morgan fingerprint density at radius 3 is 1.92 bits per heavy atom. The van der Waals surface area contributed by atoms with Crippen LogP contribution in [0.4, 0.5) is 8.78 Å². The molecule has 0 atom stereocenters. The molecule has 5 aromatic rings. The lowest BCUT2D eigenvalue weighted by atomic mass is 9.81. The maximum Gasteiger partial charge on any atom is 0.126 e. The molecule has 2 aliphatic rings. The molecule has 0 fully saturated rings. The Balaban J connectivity index is 1.36. The van der Waals surface area contributed by atoms with Gasteiger partial charge in [-0.1, -0.05) is 82.3 Å². The number of rotatable bonds is 2. The largest absolute Gasteiger partial charge is 0.247 e. The lowest BCUT2D eigenvalue weighted by Crippen LogP contribution is -2.15. The average Bonchev–Trinajstić information content (AvgIpc) is 3.27. The van der Waals surface area contributed by atoms with Crippen LogP contribution in [0, 0.1) is 11.6 Å². The molecule has 0 radical (unpaired) electrons. The van der Waals surface area contributed by atoms with E-state index in [4.69, 9.17) is 4.98 Å². The summed E-state index contributed by atoms with van der Waals surface area (Å²) in [5.41, 5.74) is 12.5. The summed E-state index contributed by atoms with van der Waals surface area (Å²) in [6, 6.07) is 29.3. The van der Waals surface area contributed by atoms with Crippen LogP contribution in [0.15, 0.2) is 91.0 Å². The fourth-order valence-corrected chi connectivity index (χ4v) is 6.52.